The number of hydrogen-bond donors (Lipinski definition) is 2. The summed E-state index contributed by atoms with van der Waals surface area (Å²) in [4.78, 5) is 13.5. The van der Waals surface area contributed by atoms with Crippen LogP contribution in [0.2, 0.25) is 5.02 Å². The lowest BCUT2D eigenvalue weighted by Gasteiger charge is -2.22. The molecule has 0 heterocycles. The summed E-state index contributed by atoms with van der Waals surface area (Å²) in [6, 6.07) is 12.6. The fourth-order valence-electron chi connectivity index (χ4n) is 2.55. The fourth-order valence-corrected chi connectivity index (χ4v) is 2.68. The van der Waals surface area contributed by atoms with Crippen LogP contribution in [0.25, 0.3) is 0 Å². The van der Waals surface area contributed by atoms with E-state index in [0.717, 1.165) is 16.2 Å². The topological polar surface area (TPSA) is 52.0 Å². The molecule has 5 nitrogen and oxygen atoms in total. The summed E-state index contributed by atoms with van der Waals surface area (Å²) in [5.74, 6) is 1.34. The van der Waals surface area contributed by atoms with Crippen LogP contribution in [0.4, 0.5) is 5.69 Å². The molecule has 0 aliphatic rings. The van der Waals surface area contributed by atoms with Gasteiger partial charge < -0.3 is 19.7 Å². The van der Waals surface area contributed by atoms with Crippen LogP contribution in [0, 0.1) is 0 Å². The number of likely N-dealkylation sites (N-methyl/N-ethyl adjacent to an activating group) is 1. The number of quaternary nitrogens is 1. The standard InChI is InChI=1S/C19H23ClN2O3/c1-13(19(23)21-16-10-8-15(20)9-11-16)22(2)12-14-6-5-7-17(24-3)18(14)25-4/h5-11,13H,12H2,1-4H3,(H,21,23)/p+1/t13-/m1/s1. The molecule has 2 atom stereocenters. The first-order chi connectivity index (χ1) is 12.0. The second-order valence-electron chi connectivity index (χ2n) is 5.89. The van der Waals surface area contributed by atoms with E-state index < -0.39 is 0 Å². The number of benzene rings is 2. The average Bonchev–Trinajstić information content (AvgIpc) is 2.62. The lowest BCUT2D eigenvalue weighted by atomic mass is 10.1. The quantitative estimate of drug-likeness (QED) is 0.794. The summed E-state index contributed by atoms with van der Waals surface area (Å²) in [6.45, 7) is 2.53. The van der Waals surface area contributed by atoms with Gasteiger partial charge in [0.2, 0.25) is 0 Å². The van der Waals surface area contributed by atoms with Crippen LogP contribution in [0.3, 0.4) is 0 Å². The van der Waals surface area contributed by atoms with Crippen LogP contribution >= 0.6 is 11.6 Å². The van der Waals surface area contributed by atoms with Gasteiger partial charge >= 0.3 is 0 Å². The summed E-state index contributed by atoms with van der Waals surface area (Å²) in [5.41, 5.74) is 1.72. The number of methoxy groups -OCH3 is 2. The molecule has 2 aromatic rings. The van der Waals surface area contributed by atoms with Gasteiger partial charge in [0.1, 0.15) is 6.54 Å². The van der Waals surface area contributed by atoms with Crippen LogP contribution in [-0.4, -0.2) is 33.2 Å². The molecule has 0 radical (unpaired) electrons. The molecule has 25 heavy (non-hydrogen) atoms. The van der Waals surface area contributed by atoms with Gasteiger partial charge in [0, 0.05) is 10.7 Å². The van der Waals surface area contributed by atoms with E-state index in [1.165, 1.54) is 0 Å². The first-order valence-electron chi connectivity index (χ1n) is 8.05. The lowest BCUT2D eigenvalue weighted by molar-refractivity contribution is -0.907. The number of carbonyl (C=O) groups is 1. The zero-order valence-electron chi connectivity index (χ0n) is 14.9. The molecule has 134 valence electrons. The number of amides is 1. The Morgan fingerprint density at radius 1 is 1.16 bits per heavy atom. The molecule has 1 amide bonds. The molecule has 0 fully saturated rings. The summed E-state index contributed by atoms with van der Waals surface area (Å²) in [7, 11) is 5.21. The predicted molar refractivity (Wildman–Crippen MR) is 99.7 cm³/mol. The third-order valence-electron chi connectivity index (χ3n) is 4.20. The molecule has 0 saturated carbocycles. The molecule has 0 saturated heterocycles. The largest absolute Gasteiger partial charge is 0.493 e. The molecule has 1 unspecified atom stereocenters. The van der Waals surface area contributed by atoms with Crippen LogP contribution in [0.1, 0.15) is 12.5 Å². The van der Waals surface area contributed by atoms with Crippen molar-refractivity contribution in [1.29, 1.82) is 0 Å². The van der Waals surface area contributed by atoms with Gasteiger partial charge in [-0.25, -0.2) is 0 Å². The second kappa shape index (κ2) is 8.74. The molecule has 0 spiro atoms. The predicted octanol–water partition coefficient (Wildman–Crippen LogP) is 2.40. The Bertz CT molecular complexity index is 719. The van der Waals surface area contributed by atoms with Gasteiger partial charge in [0.15, 0.2) is 17.5 Å². The van der Waals surface area contributed by atoms with E-state index in [4.69, 9.17) is 21.1 Å². The van der Waals surface area contributed by atoms with Gasteiger partial charge in [0.05, 0.1) is 26.8 Å². The van der Waals surface area contributed by atoms with Crippen LogP contribution in [0.15, 0.2) is 42.5 Å². The first-order valence-corrected chi connectivity index (χ1v) is 8.42. The highest BCUT2D eigenvalue weighted by Gasteiger charge is 2.24. The van der Waals surface area contributed by atoms with E-state index in [2.05, 4.69) is 5.32 Å². The Balaban J connectivity index is 2.05. The third-order valence-corrected chi connectivity index (χ3v) is 4.45. The first kappa shape index (κ1) is 19.1. The highest BCUT2D eigenvalue weighted by molar-refractivity contribution is 6.30. The number of rotatable bonds is 7. The Kier molecular flexibility index (Phi) is 6.67. The molecule has 0 aliphatic heterocycles. The van der Waals surface area contributed by atoms with Gasteiger partial charge in [-0.3, -0.25) is 4.79 Å². The van der Waals surface area contributed by atoms with E-state index in [9.17, 15) is 4.79 Å². The summed E-state index contributed by atoms with van der Waals surface area (Å²) < 4.78 is 10.8. The van der Waals surface area contributed by atoms with Gasteiger partial charge in [-0.2, -0.15) is 0 Å². The van der Waals surface area contributed by atoms with E-state index in [0.29, 0.717) is 23.1 Å². The Morgan fingerprint density at radius 2 is 1.84 bits per heavy atom. The monoisotopic (exact) mass is 363 g/mol. The van der Waals surface area contributed by atoms with Crippen molar-refractivity contribution in [2.75, 3.05) is 26.6 Å². The van der Waals surface area contributed by atoms with E-state index >= 15 is 0 Å². The van der Waals surface area contributed by atoms with Crippen molar-refractivity contribution in [3.63, 3.8) is 0 Å². The highest BCUT2D eigenvalue weighted by atomic mass is 35.5. The number of halogens is 1. The molecular weight excluding hydrogens is 340 g/mol. The maximum Gasteiger partial charge on any atom is 0.282 e. The average molecular weight is 364 g/mol. The maximum absolute atomic E-state index is 12.5. The van der Waals surface area contributed by atoms with Crippen molar-refractivity contribution in [3.05, 3.63) is 53.1 Å². The zero-order valence-corrected chi connectivity index (χ0v) is 15.7. The maximum atomic E-state index is 12.5. The van der Waals surface area contributed by atoms with Crippen molar-refractivity contribution >= 4 is 23.2 Å². The lowest BCUT2D eigenvalue weighted by Crippen LogP contribution is -3.12. The third kappa shape index (κ3) is 4.87. The highest BCUT2D eigenvalue weighted by Crippen LogP contribution is 2.30. The minimum atomic E-state index is -0.244. The molecule has 0 bridgehead atoms. The Morgan fingerprint density at radius 3 is 2.44 bits per heavy atom. The van der Waals surface area contributed by atoms with Gasteiger partial charge in [-0.05, 0) is 43.3 Å². The van der Waals surface area contributed by atoms with Crippen molar-refractivity contribution in [1.82, 2.24) is 0 Å². The van der Waals surface area contributed by atoms with Crippen LogP contribution in [-0.2, 0) is 11.3 Å². The Labute approximate surface area is 153 Å². The molecular formula is C19H24ClN2O3+. The SMILES string of the molecule is COc1cccc(C[NH+](C)[C@H](C)C(=O)Nc2ccc(Cl)cc2)c1OC. The van der Waals surface area contributed by atoms with Crippen LogP contribution < -0.4 is 19.7 Å². The number of para-hydroxylation sites is 1. The Hall–Kier alpha value is -2.24. The number of carbonyl (C=O) groups excluding carboxylic acids is 1. The normalized spacial score (nSPS) is 13.0. The number of nitrogens with one attached hydrogen (secondary N) is 2. The smallest absolute Gasteiger partial charge is 0.282 e. The number of anilines is 1. The zero-order chi connectivity index (χ0) is 18.4. The van der Waals surface area contributed by atoms with E-state index in [1.54, 1.807) is 38.5 Å². The van der Waals surface area contributed by atoms with Crippen molar-refractivity contribution in [3.8, 4) is 11.5 Å². The molecule has 0 aromatic heterocycles. The minimum absolute atomic E-state index is 0.0540. The van der Waals surface area contributed by atoms with E-state index in [-0.39, 0.29) is 11.9 Å². The minimum Gasteiger partial charge on any atom is -0.493 e. The van der Waals surface area contributed by atoms with Gasteiger partial charge in [-0.15, -0.1) is 0 Å². The molecule has 2 N–H and O–H groups in total. The van der Waals surface area contributed by atoms with Crippen molar-refractivity contribution in [2.24, 2.45) is 0 Å². The summed E-state index contributed by atoms with van der Waals surface area (Å²) in [5, 5.41) is 3.55. The molecule has 2 rings (SSSR count). The number of ether oxygens (including phenoxy) is 2. The fraction of sp³-hybridized carbons (Fsp3) is 0.316. The van der Waals surface area contributed by atoms with Crippen molar-refractivity contribution in [2.45, 2.75) is 19.5 Å². The van der Waals surface area contributed by atoms with Crippen LogP contribution in [0.5, 0.6) is 11.5 Å². The van der Waals surface area contributed by atoms with E-state index in [1.807, 2.05) is 32.2 Å². The van der Waals surface area contributed by atoms with Gasteiger partial charge in [-0.1, -0.05) is 17.7 Å². The van der Waals surface area contributed by atoms with Crippen molar-refractivity contribution < 1.29 is 19.2 Å². The second-order valence-corrected chi connectivity index (χ2v) is 6.33. The molecule has 6 heteroatoms. The number of hydrogen-bond acceptors (Lipinski definition) is 3. The molecule has 0 aliphatic carbocycles. The summed E-state index contributed by atoms with van der Waals surface area (Å²) >= 11 is 5.87. The van der Waals surface area contributed by atoms with Gasteiger partial charge in [0.25, 0.3) is 5.91 Å². The molecule has 2 aromatic carbocycles. The summed E-state index contributed by atoms with van der Waals surface area (Å²) in [6.07, 6.45) is 0.